The molecule has 27 heavy (non-hydrogen) atoms. The summed E-state index contributed by atoms with van der Waals surface area (Å²) in [4.78, 5) is 27.1. The second-order valence-electron chi connectivity index (χ2n) is 6.65. The molecule has 1 aromatic rings. The highest BCUT2D eigenvalue weighted by Gasteiger charge is 2.44. The van der Waals surface area contributed by atoms with Gasteiger partial charge in [-0.1, -0.05) is 50.2 Å². The average Bonchev–Trinajstić information content (AvgIpc) is 3.16. The molecule has 1 saturated heterocycles. The van der Waals surface area contributed by atoms with Crippen LogP contribution in [0.3, 0.4) is 0 Å². The minimum atomic E-state index is -0.289. The van der Waals surface area contributed by atoms with E-state index in [-0.39, 0.29) is 28.9 Å². The van der Waals surface area contributed by atoms with Crippen LogP contribution in [-0.2, 0) is 9.59 Å². The average molecular weight is 409 g/mol. The molecule has 2 amide bonds. The van der Waals surface area contributed by atoms with Gasteiger partial charge in [0.1, 0.15) is 17.1 Å². The van der Waals surface area contributed by atoms with E-state index in [0.717, 1.165) is 25.7 Å². The number of hydrogen-bond acceptors (Lipinski definition) is 6. The van der Waals surface area contributed by atoms with Gasteiger partial charge >= 0.3 is 0 Å². The van der Waals surface area contributed by atoms with E-state index in [1.807, 2.05) is 13.8 Å². The minimum Gasteiger partial charge on any atom is -0.507 e. The lowest BCUT2D eigenvalue weighted by molar-refractivity contribution is -0.147. The van der Waals surface area contributed by atoms with Crippen molar-refractivity contribution in [2.45, 2.75) is 56.2 Å². The molecule has 0 aliphatic carbocycles. The fourth-order valence-corrected chi connectivity index (χ4v) is 5.70. The lowest BCUT2D eigenvalue weighted by atomic mass is 10.2. The van der Waals surface area contributed by atoms with E-state index < -0.39 is 0 Å². The summed E-state index contributed by atoms with van der Waals surface area (Å²) in [6.45, 7) is 6.83. The number of hydrogen-bond donors (Lipinski definition) is 2. The van der Waals surface area contributed by atoms with Gasteiger partial charge in [0.2, 0.25) is 0 Å². The first kappa shape index (κ1) is 19.9. The van der Waals surface area contributed by atoms with Crippen LogP contribution in [0.25, 0.3) is 0 Å². The van der Waals surface area contributed by atoms with Crippen molar-refractivity contribution in [2.75, 3.05) is 13.1 Å². The summed E-state index contributed by atoms with van der Waals surface area (Å²) in [5.74, 6) is -0.442. The second-order valence-corrected chi connectivity index (χ2v) is 8.95. The normalized spacial score (nSPS) is 16.7. The van der Waals surface area contributed by atoms with Crippen LogP contribution in [0, 0.1) is 6.92 Å². The van der Waals surface area contributed by atoms with Gasteiger partial charge in [0, 0.05) is 13.1 Å². The van der Waals surface area contributed by atoms with Gasteiger partial charge in [0.25, 0.3) is 11.8 Å². The summed E-state index contributed by atoms with van der Waals surface area (Å²) < 4.78 is 0.525. The molecule has 0 radical (unpaired) electrons. The highest BCUT2D eigenvalue weighted by Crippen LogP contribution is 2.59. The molecule has 6 nitrogen and oxygen atoms in total. The third-order valence-electron chi connectivity index (χ3n) is 4.61. The monoisotopic (exact) mass is 408 g/mol. The highest BCUT2D eigenvalue weighted by molar-refractivity contribution is 8.25. The number of amides is 2. The van der Waals surface area contributed by atoms with Gasteiger partial charge in [-0.3, -0.25) is 9.59 Å². The number of carbonyl (C=O) groups excluding carboxylic acids is 2. The molecule has 146 valence electrons. The number of nitrogens with zero attached hydrogens (tertiary/aromatic N) is 2. The number of carbonyl (C=O) groups is 2. The molecule has 0 aromatic heterocycles. The van der Waals surface area contributed by atoms with Crippen LogP contribution in [0.5, 0.6) is 11.5 Å². The second kappa shape index (κ2) is 8.06. The van der Waals surface area contributed by atoms with Crippen LogP contribution in [0.15, 0.2) is 25.7 Å². The van der Waals surface area contributed by atoms with Gasteiger partial charge in [-0.15, -0.1) is 0 Å². The zero-order valence-electron chi connectivity index (χ0n) is 15.7. The maximum atomic E-state index is 13.0. The van der Waals surface area contributed by atoms with Crippen molar-refractivity contribution in [1.29, 1.82) is 0 Å². The summed E-state index contributed by atoms with van der Waals surface area (Å²) in [5.41, 5.74) is 0.702. The van der Waals surface area contributed by atoms with E-state index >= 15 is 0 Å². The molecule has 1 aromatic carbocycles. The SMILES string of the molecule is CCCCN1C(=O)C(=C2Sc3c(O)cc(C)c(O)c3S2)C(=O)N1CCCC. The highest BCUT2D eigenvalue weighted by atomic mass is 32.2. The van der Waals surface area contributed by atoms with Crippen LogP contribution in [-0.4, -0.2) is 45.1 Å². The van der Waals surface area contributed by atoms with Gasteiger partial charge < -0.3 is 10.2 Å². The zero-order chi connectivity index (χ0) is 19.7. The molecule has 8 heteroatoms. The number of rotatable bonds is 6. The first-order valence-electron chi connectivity index (χ1n) is 9.19. The van der Waals surface area contributed by atoms with Crippen molar-refractivity contribution in [3.63, 3.8) is 0 Å². The molecule has 0 saturated carbocycles. The lowest BCUT2D eigenvalue weighted by Crippen LogP contribution is -2.42. The van der Waals surface area contributed by atoms with E-state index in [0.29, 0.717) is 32.7 Å². The van der Waals surface area contributed by atoms with E-state index in [2.05, 4.69) is 0 Å². The molecular formula is C19H24N2O4S2. The molecule has 0 unspecified atom stereocenters. The number of phenols is 2. The van der Waals surface area contributed by atoms with Crippen molar-refractivity contribution >= 4 is 35.3 Å². The lowest BCUT2D eigenvalue weighted by Gasteiger charge is -2.27. The minimum absolute atomic E-state index is 0.0528. The van der Waals surface area contributed by atoms with Crippen LogP contribution < -0.4 is 0 Å². The first-order valence-corrected chi connectivity index (χ1v) is 10.8. The molecule has 3 rings (SSSR count). The molecule has 1 fully saturated rings. The third-order valence-corrected chi connectivity index (χ3v) is 7.24. The van der Waals surface area contributed by atoms with Gasteiger partial charge in [-0.25, -0.2) is 10.0 Å². The van der Waals surface area contributed by atoms with Crippen molar-refractivity contribution in [3.8, 4) is 11.5 Å². The molecule has 2 aliphatic heterocycles. The molecular weight excluding hydrogens is 384 g/mol. The Morgan fingerprint density at radius 3 is 1.96 bits per heavy atom. The van der Waals surface area contributed by atoms with Crippen LogP contribution in [0.2, 0.25) is 0 Å². The van der Waals surface area contributed by atoms with Crippen molar-refractivity contribution in [2.24, 2.45) is 0 Å². The molecule has 0 spiro atoms. The van der Waals surface area contributed by atoms with E-state index in [4.69, 9.17) is 0 Å². The fourth-order valence-electron chi connectivity index (χ4n) is 3.05. The number of phenolic OH excluding ortho intramolecular Hbond substituents is 2. The number of benzene rings is 1. The van der Waals surface area contributed by atoms with E-state index in [9.17, 15) is 19.8 Å². The van der Waals surface area contributed by atoms with Gasteiger partial charge in [0.15, 0.2) is 0 Å². The molecule has 2 N–H and O–H groups in total. The van der Waals surface area contributed by atoms with Crippen molar-refractivity contribution in [3.05, 3.63) is 21.4 Å². The van der Waals surface area contributed by atoms with E-state index in [1.165, 1.54) is 29.6 Å². The van der Waals surface area contributed by atoms with Crippen molar-refractivity contribution in [1.82, 2.24) is 10.0 Å². The summed E-state index contributed by atoms with van der Waals surface area (Å²) in [6.07, 6.45) is 3.51. The smallest absolute Gasteiger partial charge is 0.279 e. The summed E-state index contributed by atoms with van der Waals surface area (Å²) in [5, 5.41) is 23.6. The van der Waals surface area contributed by atoms with Crippen LogP contribution in [0.4, 0.5) is 0 Å². The van der Waals surface area contributed by atoms with Gasteiger partial charge in [-0.2, -0.15) is 0 Å². The predicted octanol–water partition coefficient (Wildman–Crippen LogP) is 4.00. The number of fused-ring (bicyclic) bond motifs is 1. The Bertz CT molecular complexity index is 794. The largest absolute Gasteiger partial charge is 0.507 e. The first-order chi connectivity index (χ1) is 12.9. The Morgan fingerprint density at radius 2 is 1.44 bits per heavy atom. The number of thioether (sulfide) groups is 2. The predicted molar refractivity (Wildman–Crippen MR) is 106 cm³/mol. The van der Waals surface area contributed by atoms with Gasteiger partial charge in [0.05, 0.1) is 14.0 Å². The van der Waals surface area contributed by atoms with Crippen molar-refractivity contribution < 1.29 is 19.8 Å². The standard InChI is InChI=1S/C19H24N2O4S2/c1-4-6-8-20-17(24)13(18(25)21(20)9-7-5-2)19-26-15-12(22)10-11(3)14(23)16(15)27-19/h10,22-23H,4-9H2,1-3H3. The van der Waals surface area contributed by atoms with E-state index in [1.54, 1.807) is 16.9 Å². The summed E-state index contributed by atoms with van der Waals surface area (Å²) in [6, 6.07) is 1.49. The summed E-state index contributed by atoms with van der Waals surface area (Å²) >= 11 is 2.36. The molecule has 2 heterocycles. The molecule has 2 aliphatic rings. The Hall–Kier alpha value is -1.80. The number of aryl methyl sites for hydroxylation is 1. The Balaban J connectivity index is 1.98. The maximum Gasteiger partial charge on any atom is 0.279 e. The number of hydrazine groups is 1. The van der Waals surface area contributed by atoms with Crippen LogP contribution in [0.1, 0.15) is 45.1 Å². The fraction of sp³-hybridized carbons (Fsp3) is 0.474. The van der Waals surface area contributed by atoms with Crippen LogP contribution >= 0.6 is 23.5 Å². The third kappa shape index (κ3) is 3.52. The molecule has 0 atom stereocenters. The molecule has 0 bridgehead atoms. The summed E-state index contributed by atoms with van der Waals surface area (Å²) in [7, 11) is 0. The zero-order valence-corrected chi connectivity index (χ0v) is 17.4. The number of aromatic hydroxyl groups is 2. The number of unbranched alkanes of at least 4 members (excludes halogenated alkanes) is 2. The Morgan fingerprint density at radius 1 is 0.926 bits per heavy atom. The van der Waals surface area contributed by atoms with Gasteiger partial charge in [-0.05, 0) is 31.4 Å². The maximum absolute atomic E-state index is 13.0. The topological polar surface area (TPSA) is 81.1 Å². The Labute approximate surface area is 167 Å². The quantitative estimate of drug-likeness (QED) is 0.421. The Kier molecular flexibility index (Phi) is 5.95.